The van der Waals surface area contributed by atoms with Crippen LogP contribution < -0.4 is 5.56 Å². The van der Waals surface area contributed by atoms with E-state index in [1.807, 2.05) is 59.7 Å². The standard InChI is InChI=1S/C27H31N3O2/c1-4-11-19(2)26(31)29-17-16-23-24(18-29)28-20(3)30(27(23)32)25(21-12-7-5-8-13-21)22-14-9-6-10-15-22/h5-10,12-15,19,25H,4,11,16-18H2,1-3H3. The molecule has 1 unspecified atom stereocenters. The van der Waals surface area contributed by atoms with Gasteiger partial charge in [-0.3, -0.25) is 14.2 Å². The van der Waals surface area contributed by atoms with Crippen LogP contribution in [0.4, 0.5) is 0 Å². The Bertz CT molecular complexity index is 1100. The summed E-state index contributed by atoms with van der Waals surface area (Å²) >= 11 is 0. The number of rotatable bonds is 6. The summed E-state index contributed by atoms with van der Waals surface area (Å²) in [7, 11) is 0. The molecule has 1 aliphatic rings. The molecule has 5 heteroatoms. The average Bonchev–Trinajstić information content (AvgIpc) is 2.82. The molecule has 1 atom stereocenters. The van der Waals surface area contributed by atoms with Crippen LogP contribution in [0.15, 0.2) is 65.5 Å². The van der Waals surface area contributed by atoms with Gasteiger partial charge in [0, 0.05) is 18.0 Å². The minimum Gasteiger partial charge on any atom is -0.336 e. The van der Waals surface area contributed by atoms with Gasteiger partial charge in [0.25, 0.3) is 5.56 Å². The average molecular weight is 430 g/mol. The fraction of sp³-hybridized carbons (Fsp3) is 0.370. The SMILES string of the molecule is CCCC(C)C(=O)N1CCc2c(nc(C)n(C(c3ccccc3)c3ccccc3)c2=O)C1. The van der Waals surface area contributed by atoms with E-state index in [4.69, 9.17) is 4.98 Å². The Balaban J connectivity index is 1.76. The van der Waals surface area contributed by atoms with Crippen LogP contribution in [-0.2, 0) is 17.8 Å². The zero-order chi connectivity index (χ0) is 22.7. The lowest BCUT2D eigenvalue weighted by Gasteiger charge is -2.32. The Morgan fingerprint density at radius 1 is 1.03 bits per heavy atom. The first-order valence-corrected chi connectivity index (χ1v) is 11.5. The van der Waals surface area contributed by atoms with Crippen LogP contribution in [0.25, 0.3) is 0 Å². The molecule has 0 saturated carbocycles. The minimum atomic E-state index is -0.244. The molecule has 166 valence electrons. The number of benzene rings is 2. The largest absolute Gasteiger partial charge is 0.336 e. The van der Waals surface area contributed by atoms with Gasteiger partial charge in [-0.25, -0.2) is 4.98 Å². The van der Waals surface area contributed by atoms with Gasteiger partial charge in [-0.05, 0) is 30.9 Å². The van der Waals surface area contributed by atoms with Gasteiger partial charge >= 0.3 is 0 Å². The van der Waals surface area contributed by atoms with E-state index in [1.54, 1.807) is 0 Å². The minimum absolute atomic E-state index is 0.00101. The summed E-state index contributed by atoms with van der Waals surface area (Å²) in [5, 5.41) is 0. The quantitative estimate of drug-likeness (QED) is 0.579. The third-order valence-corrected chi connectivity index (χ3v) is 6.39. The number of hydrogen-bond acceptors (Lipinski definition) is 3. The Kier molecular flexibility index (Phi) is 6.54. The van der Waals surface area contributed by atoms with Gasteiger partial charge in [0.1, 0.15) is 5.82 Å². The van der Waals surface area contributed by atoms with Crippen LogP contribution in [-0.4, -0.2) is 26.9 Å². The summed E-state index contributed by atoms with van der Waals surface area (Å²) < 4.78 is 1.82. The monoisotopic (exact) mass is 429 g/mol. The highest BCUT2D eigenvalue weighted by Crippen LogP contribution is 2.27. The summed E-state index contributed by atoms with van der Waals surface area (Å²) in [5.41, 5.74) is 3.57. The second kappa shape index (κ2) is 9.51. The van der Waals surface area contributed by atoms with Crippen LogP contribution in [0.2, 0.25) is 0 Å². The molecule has 1 aromatic heterocycles. The molecule has 0 N–H and O–H groups in total. The number of aromatic nitrogens is 2. The van der Waals surface area contributed by atoms with Crippen molar-refractivity contribution < 1.29 is 4.79 Å². The van der Waals surface area contributed by atoms with E-state index >= 15 is 0 Å². The molecule has 2 heterocycles. The lowest BCUT2D eigenvalue weighted by molar-refractivity contribution is -0.136. The van der Waals surface area contributed by atoms with Crippen molar-refractivity contribution in [2.75, 3.05) is 6.54 Å². The molecule has 0 radical (unpaired) electrons. The Morgan fingerprint density at radius 3 is 2.19 bits per heavy atom. The summed E-state index contributed by atoms with van der Waals surface area (Å²) in [6, 6.07) is 19.9. The summed E-state index contributed by atoms with van der Waals surface area (Å²) in [5.74, 6) is 0.832. The molecular weight excluding hydrogens is 398 g/mol. The van der Waals surface area contributed by atoms with Gasteiger partial charge in [-0.1, -0.05) is 80.9 Å². The molecule has 5 nitrogen and oxygen atoms in total. The molecular formula is C27H31N3O2. The lowest BCUT2D eigenvalue weighted by atomic mass is 9.97. The highest BCUT2D eigenvalue weighted by molar-refractivity contribution is 5.78. The van der Waals surface area contributed by atoms with Gasteiger partial charge in [-0.2, -0.15) is 0 Å². The molecule has 0 saturated heterocycles. The maximum absolute atomic E-state index is 13.8. The third-order valence-electron chi connectivity index (χ3n) is 6.39. The first kappa shape index (κ1) is 22.0. The van der Waals surface area contributed by atoms with E-state index < -0.39 is 0 Å². The van der Waals surface area contributed by atoms with Crippen molar-refractivity contribution in [1.29, 1.82) is 0 Å². The molecule has 1 aliphatic heterocycles. The second-order valence-electron chi connectivity index (χ2n) is 8.68. The maximum Gasteiger partial charge on any atom is 0.257 e. The topological polar surface area (TPSA) is 55.2 Å². The first-order chi connectivity index (χ1) is 15.5. The van der Waals surface area contributed by atoms with Crippen molar-refractivity contribution >= 4 is 5.91 Å². The molecule has 3 aromatic rings. The molecule has 1 amide bonds. The summed E-state index contributed by atoms with van der Waals surface area (Å²) in [6.45, 7) is 6.96. The summed E-state index contributed by atoms with van der Waals surface area (Å²) in [6.07, 6.45) is 2.41. The summed E-state index contributed by atoms with van der Waals surface area (Å²) in [4.78, 5) is 33.3. The third kappa shape index (κ3) is 4.24. The van der Waals surface area contributed by atoms with E-state index in [1.165, 1.54) is 0 Å². The number of aryl methyl sites for hydroxylation is 1. The Labute approximate surface area is 189 Å². The van der Waals surface area contributed by atoms with Gasteiger partial charge < -0.3 is 4.90 Å². The van der Waals surface area contributed by atoms with Crippen LogP contribution in [0, 0.1) is 12.8 Å². The van der Waals surface area contributed by atoms with Crippen LogP contribution in [0.3, 0.4) is 0 Å². The number of fused-ring (bicyclic) bond motifs is 1. The number of carbonyl (C=O) groups is 1. The zero-order valence-electron chi connectivity index (χ0n) is 19.1. The Morgan fingerprint density at radius 2 is 1.62 bits per heavy atom. The van der Waals surface area contributed by atoms with Crippen LogP contribution in [0.1, 0.15) is 60.9 Å². The molecule has 0 bridgehead atoms. The normalized spacial score (nSPS) is 14.3. The van der Waals surface area contributed by atoms with Crippen molar-refractivity contribution in [3.8, 4) is 0 Å². The van der Waals surface area contributed by atoms with Crippen molar-refractivity contribution in [1.82, 2.24) is 14.5 Å². The Hall–Kier alpha value is -3.21. The number of nitrogens with zero attached hydrogens (tertiary/aromatic N) is 3. The molecule has 32 heavy (non-hydrogen) atoms. The number of carbonyl (C=O) groups excluding carboxylic acids is 1. The van der Waals surface area contributed by atoms with E-state index in [0.29, 0.717) is 25.3 Å². The van der Waals surface area contributed by atoms with E-state index in [0.717, 1.165) is 35.2 Å². The molecule has 0 fully saturated rings. The van der Waals surface area contributed by atoms with Crippen molar-refractivity contribution in [3.05, 3.63) is 99.2 Å². The highest BCUT2D eigenvalue weighted by Gasteiger charge is 2.29. The smallest absolute Gasteiger partial charge is 0.257 e. The molecule has 0 spiro atoms. The molecule has 0 aliphatic carbocycles. The predicted octanol–water partition coefficient (Wildman–Crippen LogP) is 4.51. The predicted molar refractivity (Wildman–Crippen MR) is 127 cm³/mol. The van der Waals surface area contributed by atoms with Gasteiger partial charge in [0.15, 0.2) is 0 Å². The van der Waals surface area contributed by atoms with Gasteiger partial charge in [-0.15, -0.1) is 0 Å². The number of hydrogen-bond donors (Lipinski definition) is 0. The van der Waals surface area contributed by atoms with E-state index in [9.17, 15) is 9.59 Å². The lowest BCUT2D eigenvalue weighted by Crippen LogP contribution is -2.43. The first-order valence-electron chi connectivity index (χ1n) is 11.5. The highest BCUT2D eigenvalue weighted by atomic mass is 16.2. The van der Waals surface area contributed by atoms with Crippen LogP contribution >= 0.6 is 0 Å². The van der Waals surface area contributed by atoms with Gasteiger partial charge in [0.2, 0.25) is 5.91 Å². The fourth-order valence-electron chi connectivity index (χ4n) is 4.74. The van der Waals surface area contributed by atoms with Crippen molar-refractivity contribution in [2.45, 2.75) is 52.6 Å². The maximum atomic E-state index is 13.8. The van der Waals surface area contributed by atoms with Crippen LogP contribution in [0.5, 0.6) is 0 Å². The fourth-order valence-corrected chi connectivity index (χ4v) is 4.74. The zero-order valence-corrected chi connectivity index (χ0v) is 19.1. The van der Waals surface area contributed by atoms with Crippen molar-refractivity contribution in [2.24, 2.45) is 5.92 Å². The van der Waals surface area contributed by atoms with E-state index in [2.05, 4.69) is 31.2 Å². The molecule has 4 rings (SSSR count). The van der Waals surface area contributed by atoms with Crippen molar-refractivity contribution in [3.63, 3.8) is 0 Å². The second-order valence-corrected chi connectivity index (χ2v) is 8.68. The molecule has 2 aromatic carbocycles. The number of amides is 1. The van der Waals surface area contributed by atoms with E-state index in [-0.39, 0.29) is 23.4 Å². The van der Waals surface area contributed by atoms with Gasteiger partial charge in [0.05, 0.1) is 18.3 Å².